The van der Waals surface area contributed by atoms with E-state index in [9.17, 15) is 14.7 Å². The molecule has 0 bridgehead atoms. The molecule has 32 heavy (non-hydrogen) atoms. The molecule has 1 saturated carbocycles. The third kappa shape index (κ3) is 4.56. The minimum Gasteiger partial charge on any atom is -0.483 e. The molecular formula is C22H28N4O5S. The second-order valence-electron chi connectivity index (χ2n) is 8.65. The summed E-state index contributed by atoms with van der Waals surface area (Å²) in [6.45, 7) is 2.43. The number of carboxylic acid groups (broad SMARTS) is 1. The number of nitrogens with one attached hydrogen (secondary N) is 1. The van der Waals surface area contributed by atoms with Crippen LogP contribution < -0.4 is 0 Å². The summed E-state index contributed by atoms with van der Waals surface area (Å²) in [7, 11) is 0. The average molecular weight is 461 g/mol. The highest BCUT2D eigenvalue weighted by atomic mass is 32.1. The fraction of sp³-hybridized carbons (Fsp3) is 0.545. The van der Waals surface area contributed by atoms with Crippen molar-refractivity contribution in [3.63, 3.8) is 0 Å². The largest absolute Gasteiger partial charge is 0.483 e. The lowest BCUT2D eigenvalue weighted by atomic mass is 9.61. The van der Waals surface area contributed by atoms with Crippen molar-refractivity contribution in [2.75, 3.05) is 26.2 Å². The molecule has 2 aromatic rings. The summed E-state index contributed by atoms with van der Waals surface area (Å²) in [5.41, 5.74) is 2.31. The topological polar surface area (TPSA) is 127 Å². The van der Waals surface area contributed by atoms with E-state index in [4.69, 9.17) is 9.90 Å². The molecule has 3 N–H and O–H groups in total. The number of aromatic nitrogens is 2. The van der Waals surface area contributed by atoms with Gasteiger partial charge in [0.05, 0.1) is 11.8 Å². The number of thiophene rings is 1. The Morgan fingerprint density at radius 2 is 1.91 bits per heavy atom. The lowest BCUT2D eigenvalue weighted by Crippen LogP contribution is -2.57. The van der Waals surface area contributed by atoms with Crippen molar-refractivity contribution in [2.45, 2.75) is 31.8 Å². The molecule has 0 radical (unpaired) electrons. The molecule has 5 rings (SSSR count). The predicted molar refractivity (Wildman–Crippen MR) is 118 cm³/mol. The van der Waals surface area contributed by atoms with Gasteiger partial charge in [-0.3, -0.25) is 19.5 Å². The Kier molecular flexibility index (Phi) is 6.90. The quantitative estimate of drug-likeness (QED) is 0.601. The Morgan fingerprint density at radius 1 is 1.19 bits per heavy atom. The second-order valence-corrected chi connectivity index (χ2v) is 9.43. The lowest BCUT2D eigenvalue weighted by molar-refractivity contribution is -0.149. The number of likely N-dealkylation sites (tertiary alicyclic amines) is 2. The van der Waals surface area contributed by atoms with Crippen LogP contribution in [0, 0.1) is 17.8 Å². The number of aliphatic hydroxyl groups is 1. The molecule has 2 saturated heterocycles. The maximum absolute atomic E-state index is 13.0. The maximum Gasteiger partial charge on any atom is 0.290 e. The molecule has 3 fully saturated rings. The molecule has 2 amide bonds. The number of carbonyl (C=O) groups excluding carboxylic acids is 2. The zero-order chi connectivity index (χ0) is 22.7. The highest BCUT2D eigenvalue weighted by Crippen LogP contribution is 2.46. The molecule has 3 atom stereocenters. The number of H-pyrrole nitrogens is 1. The summed E-state index contributed by atoms with van der Waals surface area (Å²) in [5, 5.41) is 27.8. The molecule has 9 nitrogen and oxygen atoms in total. The van der Waals surface area contributed by atoms with Gasteiger partial charge in [-0.25, -0.2) is 0 Å². The molecule has 2 aromatic heterocycles. The molecule has 0 aromatic carbocycles. The van der Waals surface area contributed by atoms with E-state index in [2.05, 4.69) is 10.2 Å². The van der Waals surface area contributed by atoms with E-state index >= 15 is 0 Å². The van der Waals surface area contributed by atoms with Crippen LogP contribution >= 0.6 is 11.3 Å². The summed E-state index contributed by atoms with van der Waals surface area (Å²) in [6, 6.07) is 3.81. The van der Waals surface area contributed by atoms with E-state index in [1.54, 1.807) is 11.3 Å². The first-order chi connectivity index (χ1) is 15.5. The number of amides is 2. The van der Waals surface area contributed by atoms with E-state index in [1.165, 1.54) is 0 Å². The number of aliphatic hydroxyl groups excluding tert-OH is 1. The van der Waals surface area contributed by atoms with Crippen LogP contribution in [-0.4, -0.2) is 80.8 Å². The van der Waals surface area contributed by atoms with Gasteiger partial charge in [0.2, 0.25) is 5.91 Å². The molecule has 172 valence electrons. The summed E-state index contributed by atoms with van der Waals surface area (Å²) in [4.78, 5) is 38.1. The SMILES string of the molecule is O=C(c1cc(-c2ccsc2)n[nH]1)N1CC[C@@H]2C[C@@H](C(=O)N3CCC(O)CC3)[C@@H]2C1.O=CO. The predicted octanol–water partition coefficient (Wildman–Crippen LogP) is 1.92. The van der Waals surface area contributed by atoms with E-state index in [-0.39, 0.29) is 36.2 Å². The van der Waals surface area contributed by atoms with Crippen molar-refractivity contribution in [3.8, 4) is 11.3 Å². The first kappa shape index (κ1) is 22.5. The molecule has 1 aliphatic carbocycles. The van der Waals surface area contributed by atoms with Gasteiger partial charge in [-0.05, 0) is 55.0 Å². The fourth-order valence-corrected chi connectivity index (χ4v) is 5.68. The highest BCUT2D eigenvalue weighted by molar-refractivity contribution is 7.08. The number of piperidine rings is 2. The zero-order valence-electron chi connectivity index (χ0n) is 17.7. The number of carbonyl (C=O) groups is 3. The average Bonchev–Trinajstić information content (AvgIpc) is 3.47. The summed E-state index contributed by atoms with van der Waals surface area (Å²) in [5.74, 6) is 1.01. The van der Waals surface area contributed by atoms with Gasteiger partial charge >= 0.3 is 0 Å². The number of fused-ring (bicyclic) bond motifs is 1. The van der Waals surface area contributed by atoms with E-state index < -0.39 is 0 Å². The number of rotatable bonds is 3. The number of nitrogens with zero attached hydrogens (tertiary/aromatic N) is 3. The van der Waals surface area contributed by atoms with Crippen LogP contribution in [-0.2, 0) is 9.59 Å². The monoisotopic (exact) mass is 460 g/mol. The van der Waals surface area contributed by atoms with Crippen LogP contribution in [0.25, 0.3) is 11.3 Å². The Balaban J connectivity index is 0.000000775. The molecular weight excluding hydrogens is 432 g/mol. The van der Waals surface area contributed by atoms with Crippen LogP contribution in [0.15, 0.2) is 22.9 Å². The van der Waals surface area contributed by atoms with Gasteiger partial charge in [-0.1, -0.05) is 0 Å². The third-order valence-corrected chi connectivity index (χ3v) is 7.57. The summed E-state index contributed by atoms with van der Waals surface area (Å²) in [6.07, 6.45) is 2.97. The second kappa shape index (κ2) is 9.83. The van der Waals surface area contributed by atoms with E-state index in [0.717, 1.165) is 30.6 Å². The van der Waals surface area contributed by atoms with E-state index in [0.29, 0.717) is 44.1 Å². The van der Waals surface area contributed by atoms with Gasteiger partial charge in [0.25, 0.3) is 12.4 Å². The fourth-order valence-electron chi connectivity index (χ4n) is 5.03. The molecule has 2 aliphatic heterocycles. The maximum atomic E-state index is 13.0. The lowest BCUT2D eigenvalue weighted by Gasteiger charge is -2.51. The molecule has 10 heteroatoms. The van der Waals surface area contributed by atoms with Gasteiger partial charge in [-0.15, -0.1) is 0 Å². The summed E-state index contributed by atoms with van der Waals surface area (Å²) >= 11 is 1.60. The Morgan fingerprint density at radius 3 is 2.59 bits per heavy atom. The summed E-state index contributed by atoms with van der Waals surface area (Å²) < 4.78 is 0. The number of aromatic amines is 1. The molecule has 4 heterocycles. The number of hydrogen-bond acceptors (Lipinski definition) is 6. The van der Waals surface area contributed by atoms with Crippen molar-refractivity contribution in [1.82, 2.24) is 20.0 Å². The van der Waals surface area contributed by atoms with Crippen molar-refractivity contribution in [2.24, 2.45) is 17.8 Å². The number of hydrogen-bond donors (Lipinski definition) is 3. The molecule has 0 spiro atoms. The zero-order valence-corrected chi connectivity index (χ0v) is 18.5. The van der Waals surface area contributed by atoms with Crippen LogP contribution in [0.1, 0.15) is 36.2 Å². The van der Waals surface area contributed by atoms with Crippen LogP contribution in [0.2, 0.25) is 0 Å². The Labute approximate surface area is 190 Å². The van der Waals surface area contributed by atoms with Crippen LogP contribution in [0.3, 0.4) is 0 Å². The smallest absolute Gasteiger partial charge is 0.290 e. The van der Waals surface area contributed by atoms with Crippen molar-refractivity contribution < 1.29 is 24.6 Å². The van der Waals surface area contributed by atoms with Crippen LogP contribution in [0.4, 0.5) is 0 Å². The molecule has 0 unspecified atom stereocenters. The van der Waals surface area contributed by atoms with Gasteiger partial charge in [0.1, 0.15) is 5.69 Å². The first-order valence-electron chi connectivity index (χ1n) is 10.9. The van der Waals surface area contributed by atoms with Crippen molar-refractivity contribution in [3.05, 3.63) is 28.6 Å². The minimum absolute atomic E-state index is 0.0222. The standard InChI is InChI=1S/C21H26N4O3S.CH2O2/c26-15-2-6-24(7-3-15)20(27)16-9-13-1-5-25(11-17(13)16)21(28)19-10-18(22-23-19)14-4-8-29-12-14;2-1-3/h4,8,10,12-13,15-17,26H,1-3,5-7,9,11H2,(H,22,23);1H,(H,2,3)/t13-,16-,17-;/m1./s1. The van der Waals surface area contributed by atoms with Crippen LogP contribution in [0.5, 0.6) is 0 Å². The van der Waals surface area contributed by atoms with Gasteiger partial charge in [-0.2, -0.15) is 16.4 Å². The Hall–Kier alpha value is -2.72. The highest BCUT2D eigenvalue weighted by Gasteiger charge is 2.49. The van der Waals surface area contributed by atoms with Gasteiger partial charge in [0, 0.05) is 43.0 Å². The third-order valence-electron chi connectivity index (χ3n) is 6.89. The normalized spacial score (nSPS) is 25.2. The van der Waals surface area contributed by atoms with Gasteiger partial charge in [0.15, 0.2) is 0 Å². The molecule has 3 aliphatic rings. The van der Waals surface area contributed by atoms with Crippen molar-refractivity contribution >= 4 is 29.6 Å². The van der Waals surface area contributed by atoms with Crippen molar-refractivity contribution in [1.29, 1.82) is 0 Å². The van der Waals surface area contributed by atoms with E-state index in [1.807, 2.05) is 32.7 Å². The first-order valence-corrected chi connectivity index (χ1v) is 11.9. The minimum atomic E-state index is -0.274. The van der Waals surface area contributed by atoms with Gasteiger partial charge < -0.3 is 20.0 Å². The Bertz CT molecular complexity index is 938.